The average molecular weight is 298 g/mol. The van der Waals surface area contributed by atoms with E-state index in [0.717, 1.165) is 11.8 Å². The SMILES string of the molecule is CN(Cc1ccc(OC(F)F)cc1)c1nc(C(=O)O)co1. The maximum Gasteiger partial charge on any atom is 0.387 e. The van der Waals surface area contributed by atoms with Crippen molar-refractivity contribution in [2.24, 2.45) is 0 Å². The molecular weight excluding hydrogens is 286 g/mol. The third kappa shape index (κ3) is 3.91. The van der Waals surface area contributed by atoms with Crippen LogP contribution in [-0.4, -0.2) is 29.7 Å². The number of nitrogens with zero attached hydrogens (tertiary/aromatic N) is 2. The summed E-state index contributed by atoms with van der Waals surface area (Å²) < 4.78 is 33.3. The van der Waals surface area contributed by atoms with E-state index >= 15 is 0 Å². The Bertz CT molecular complexity index is 613. The number of rotatable bonds is 6. The number of halogens is 2. The van der Waals surface area contributed by atoms with Gasteiger partial charge in [-0.25, -0.2) is 4.79 Å². The molecule has 0 radical (unpaired) electrons. The number of ether oxygens (including phenoxy) is 1. The molecule has 2 rings (SSSR count). The molecule has 0 unspecified atom stereocenters. The molecule has 0 aliphatic carbocycles. The van der Waals surface area contributed by atoms with Gasteiger partial charge in [0.25, 0.3) is 6.01 Å². The molecule has 1 heterocycles. The number of carboxylic acid groups (broad SMARTS) is 1. The van der Waals surface area contributed by atoms with Crippen LogP contribution in [0.15, 0.2) is 34.9 Å². The van der Waals surface area contributed by atoms with Crippen molar-refractivity contribution < 1.29 is 27.8 Å². The maximum atomic E-state index is 12.0. The van der Waals surface area contributed by atoms with Crippen molar-refractivity contribution in [2.75, 3.05) is 11.9 Å². The van der Waals surface area contributed by atoms with Gasteiger partial charge in [0, 0.05) is 13.6 Å². The van der Waals surface area contributed by atoms with Gasteiger partial charge < -0.3 is 19.2 Å². The second-order valence-electron chi connectivity index (χ2n) is 4.20. The number of aromatic carboxylic acids is 1. The van der Waals surface area contributed by atoms with Crippen molar-refractivity contribution in [3.8, 4) is 5.75 Å². The Morgan fingerprint density at radius 2 is 2.10 bits per heavy atom. The molecular formula is C13H12F2N2O4. The number of carbonyl (C=O) groups is 1. The minimum Gasteiger partial charge on any atom is -0.476 e. The molecule has 1 aromatic heterocycles. The third-order valence-corrected chi connectivity index (χ3v) is 2.61. The van der Waals surface area contributed by atoms with E-state index in [4.69, 9.17) is 9.52 Å². The molecule has 0 fully saturated rings. The molecule has 2 aromatic rings. The van der Waals surface area contributed by atoms with E-state index in [1.54, 1.807) is 24.1 Å². The lowest BCUT2D eigenvalue weighted by Crippen LogP contribution is -2.17. The van der Waals surface area contributed by atoms with Gasteiger partial charge in [-0.2, -0.15) is 13.8 Å². The predicted molar refractivity (Wildman–Crippen MR) is 68.6 cm³/mol. The van der Waals surface area contributed by atoms with Crippen molar-refractivity contribution in [2.45, 2.75) is 13.2 Å². The first-order chi connectivity index (χ1) is 9.95. The zero-order valence-corrected chi connectivity index (χ0v) is 11.0. The molecule has 0 bridgehead atoms. The predicted octanol–water partition coefficient (Wildman–Crippen LogP) is 2.61. The Balaban J connectivity index is 2.01. The van der Waals surface area contributed by atoms with Crippen molar-refractivity contribution in [3.05, 3.63) is 41.8 Å². The van der Waals surface area contributed by atoms with Crippen LogP contribution in [0.4, 0.5) is 14.8 Å². The van der Waals surface area contributed by atoms with E-state index in [2.05, 4.69) is 9.72 Å². The van der Waals surface area contributed by atoms with Crippen molar-refractivity contribution in [3.63, 3.8) is 0 Å². The summed E-state index contributed by atoms with van der Waals surface area (Å²) >= 11 is 0. The molecule has 6 nitrogen and oxygen atoms in total. The van der Waals surface area contributed by atoms with Crippen molar-refractivity contribution >= 4 is 12.0 Å². The van der Waals surface area contributed by atoms with Crippen LogP contribution in [0.3, 0.4) is 0 Å². The van der Waals surface area contributed by atoms with Gasteiger partial charge in [-0.3, -0.25) is 0 Å². The normalized spacial score (nSPS) is 10.7. The van der Waals surface area contributed by atoms with Gasteiger partial charge >= 0.3 is 12.6 Å². The van der Waals surface area contributed by atoms with E-state index in [0.29, 0.717) is 6.54 Å². The molecule has 0 saturated heterocycles. The summed E-state index contributed by atoms with van der Waals surface area (Å²) in [6, 6.07) is 6.24. The second-order valence-corrected chi connectivity index (χ2v) is 4.20. The highest BCUT2D eigenvalue weighted by Gasteiger charge is 2.14. The van der Waals surface area contributed by atoms with Gasteiger partial charge in [0.15, 0.2) is 5.69 Å². The Hall–Kier alpha value is -2.64. The van der Waals surface area contributed by atoms with Gasteiger partial charge in [-0.15, -0.1) is 0 Å². The van der Waals surface area contributed by atoms with Gasteiger partial charge in [0.05, 0.1) is 0 Å². The smallest absolute Gasteiger partial charge is 0.387 e. The lowest BCUT2D eigenvalue weighted by atomic mass is 10.2. The summed E-state index contributed by atoms with van der Waals surface area (Å²) in [4.78, 5) is 16.1. The zero-order chi connectivity index (χ0) is 15.4. The lowest BCUT2D eigenvalue weighted by molar-refractivity contribution is -0.0498. The summed E-state index contributed by atoms with van der Waals surface area (Å²) in [6.45, 7) is -2.49. The number of carboxylic acids is 1. The first-order valence-corrected chi connectivity index (χ1v) is 5.89. The largest absolute Gasteiger partial charge is 0.476 e. The summed E-state index contributed by atoms with van der Waals surface area (Å²) in [5, 5.41) is 8.76. The standard InChI is InChI=1S/C13H12F2N2O4/c1-17(13-16-10(7-20-13)11(18)19)6-8-2-4-9(5-3-8)21-12(14)15/h2-5,7,12H,6H2,1H3,(H,18,19). The fourth-order valence-corrected chi connectivity index (χ4v) is 1.66. The minimum absolute atomic E-state index is 0.0701. The number of oxazole rings is 1. The number of anilines is 1. The Morgan fingerprint density at radius 1 is 1.43 bits per heavy atom. The Labute approximate surface area is 118 Å². The molecule has 0 saturated carbocycles. The van der Waals surface area contributed by atoms with Crippen LogP contribution >= 0.6 is 0 Å². The molecule has 1 N–H and O–H groups in total. The van der Waals surface area contributed by atoms with E-state index < -0.39 is 12.6 Å². The number of benzene rings is 1. The number of alkyl halides is 2. The molecule has 8 heteroatoms. The molecule has 0 aliphatic heterocycles. The van der Waals surface area contributed by atoms with Crippen molar-refractivity contribution in [1.29, 1.82) is 0 Å². The monoisotopic (exact) mass is 298 g/mol. The van der Waals surface area contributed by atoms with Gasteiger partial charge in [-0.05, 0) is 17.7 Å². The van der Waals surface area contributed by atoms with Crippen LogP contribution in [-0.2, 0) is 6.54 Å². The van der Waals surface area contributed by atoms with Crippen LogP contribution in [0.5, 0.6) is 5.75 Å². The van der Waals surface area contributed by atoms with Crippen LogP contribution < -0.4 is 9.64 Å². The van der Waals surface area contributed by atoms with E-state index in [9.17, 15) is 13.6 Å². The van der Waals surface area contributed by atoms with E-state index in [1.165, 1.54) is 12.1 Å². The van der Waals surface area contributed by atoms with Crippen LogP contribution in [0.25, 0.3) is 0 Å². The number of hydrogen-bond acceptors (Lipinski definition) is 5. The Morgan fingerprint density at radius 3 is 2.62 bits per heavy atom. The summed E-state index contributed by atoms with van der Waals surface area (Å²) in [6.07, 6.45) is 1.05. The van der Waals surface area contributed by atoms with Gasteiger partial charge in [0.2, 0.25) is 0 Å². The van der Waals surface area contributed by atoms with E-state index in [1.807, 2.05) is 0 Å². The molecule has 112 valence electrons. The molecule has 0 spiro atoms. The van der Waals surface area contributed by atoms with Crippen LogP contribution in [0, 0.1) is 0 Å². The fraction of sp³-hybridized carbons (Fsp3) is 0.231. The second kappa shape index (κ2) is 6.21. The molecule has 21 heavy (non-hydrogen) atoms. The maximum absolute atomic E-state index is 12.0. The fourth-order valence-electron chi connectivity index (χ4n) is 1.66. The van der Waals surface area contributed by atoms with Gasteiger partial charge in [0.1, 0.15) is 12.0 Å². The lowest BCUT2D eigenvalue weighted by Gasteiger charge is -2.14. The number of hydrogen-bond donors (Lipinski definition) is 1. The molecule has 0 amide bonds. The summed E-state index contributed by atoms with van der Waals surface area (Å²) in [7, 11) is 1.67. The van der Waals surface area contributed by atoms with E-state index in [-0.39, 0.29) is 17.5 Å². The first kappa shape index (κ1) is 14.8. The highest BCUT2D eigenvalue weighted by molar-refractivity contribution is 5.85. The van der Waals surface area contributed by atoms with Gasteiger partial charge in [-0.1, -0.05) is 12.1 Å². The quantitative estimate of drug-likeness (QED) is 0.883. The Kier molecular flexibility index (Phi) is 4.36. The number of aromatic nitrogens is 1. The van der Waals surface area contributed by atoms with Crippen molar-refractivity contribution in [1.82, 2.24) is 4.98 Å². The highest BCUT2D eigenvalue weighted by Crippen LogP contribution is 2.18. The van der Waals surface area contributed by atoms with Crippen LogP contribution in [0.1, 0.15) is 16.1 Å². The molecule has 0 aliphatic rings. The minimum atomic E-state index is -2.86. The molecule has 1 aromatic carbocycles. The zero-order valence-electron chi connectivity index (χ0n) is 11.0. The summed E-state index contributed by atoms with van der Waals surface area (Å²) in [5.74, 6) is -1.10. The highest BCUT2D eigenvalue weighted by atomic mass is 19.3. The first-order valence-electron chi connectivity index (χ1n) is 5.89. The molecule has 0 atom stereocenters. The summed E-state index contributed by atoms with van der Waals surface area (Å²) in [5.41, 5.74) is 0.617. The van der Waals surface area contributed by atoms with Crippen LogP contribution in [0.2, 0.25) is 0 Å². The third-order valence-electron chi connectivity index (χ3n) is 2.61. The topological polar surface area (TPSA) is 75.8 Å². The average Bonchev–Trinajstić information content (AvgIpc) is 2.90.